The molecule has 4 nitrogen and oxygen atoms in total. The highest BCUT2D eigenvalue weighted by molar-refractivity contribution is 7.53. The van der Waals surface area contributed by atoms with Crippen molar-refractivity contribution in [1.29, 1.82) is 0 Å². The Morgan fingerprint density at radius 1 is 1.33 bits per heavy atom. The van der Waals surface area contributed by atoms with Crippen LogP contribution in [0.15, 0.2) is 0 Å². The lowest BCUT2D eigenvalue weighted by atomic mass is 10.3. The third kappa shape index (κ3) is 4.21. The van der Waals surface area contributed by atoms with E-state index >= 15 is 0 Å². The second-order valence-corrected chi connectivity index (χ2v) is 4.70. The maximum absolute atomic E-state index is 11.4. The Labute approximate surface area is 73.7 Å². The Morgan fingerprint density at radius 3 is 2.17 bits per heavy atom. The lowest BCUT2D eigenvalue weighted by molar-refractivity contribution is 0.0806. The molecule has 0 aliphatic carbocycles. The first-order valence-corrected chi connectivity index (χ1v) is 5.63. The molecule has 0 N–H and O–H groups in total. The second kappa shape index (κ2) is 5.70. The van der Waals surface area contributed by atoms with E-state index in [-0.39, 0.29) is 12.5 Å². The molecule has 0 amide bonds. The monoisotopic (exact) mass is 196 g/mol. The van der Waals surface area contributed by atoms with Gasteiger partial charge in [0.05, 0.1) is 6.10 Å². The SMILES string of the molecule is CCC(C)OCP(=O)(OC)OC. The lowest BCUT2D eigenvalue weighted by Crippen LogP contribution is -2.09. The first kappa shape index (κ1) is 12.1. The molecule has 0 aliphatic heterocycles. The van der Waals surface area contributed by atoms with Gasteiger partial charge < -0.3 is 13.8 Å². The molecule has 0 aromatic heterocycles. The van der Waals surface area contributed by atoms with Crippen molar-refractivity contribution in [2.24, 2.45) is 0 Å². The second-order valence-electron chi connectivity index (χ2n) is 2.49. The van der Waals surface area contributed by atoms with Crippen LogP contribution in [0.4, 0.5) is 0 Å². The normalized spacial score (nSPS) is 14.7. The zero-order valence-electron chi connectivity index (χ0n) is 8.07. The van der Waals surface area contributed by atoms with Crippen LogP contribution in [0.1, 0.15) is 20.3 Å². The summed E-state index contributed by atoms with van der Waals surface area (Å²) in [7, 11) is -0.268. The summed E-state index contributed by atoms with van der Waals surface area (Å²) in [5.74, 6) is 0. The Hall–Kier alpha value is 0.110. The molecule has 0 rings (SSSR count). The quantitative estimate of drug-likeness (QED) is 0.611. The molecular weight excluding hydrogens is 179 g/mol. The summed E-state index contributed by atoms with van der Waals surface area (Å²) in [6.45, 7) is 3.91. The first-order valence-electron chi connectivity index (χ1n) is 3.90. The Balaban J connectivity index is 3.81. The van der Waals surface area contributed by atoms with Crippen molar-refractivity contribution in [2.75, 3.05) is 20.6 Å². The Kier molecular flexibility index (Phi) is 5.76. The van der Waals surface area contributed by atoms with Crippen LogP contribution in [0.3, 0.4) is 0 Å². The van der Waals surface area contributed by atoms with Gasteiger partial charge in [-0.05, 0) is 13.3 Å². The number of rotatable bonds is 6. The average molecular weight is 196 g/mol. The van der Waals surface area contributed by atoms with E-state index in [0.717, 1.165) is 6.42 Å². The van der Waals surface area contributed by atoms with Crippen molar-refractivity contribution in [3.63, 3.8) is 0 Å². The zero-order valence-corrected chi connectivity index (χ0v) is 8.97. The summed E-state index contributed by atoms with van der Waals surface area (Å²) in [6, 6.07) is 0. The highest BCUT2D eigenvalue weighted by atomic mass is 31.2. The van der Waals surface area contributed by atoms with Crippen molar-refractivity contribution in [3.8, 4) is 0 Å². The highest BCUT2D eigenvalue weighted by Crippen LogP contribution is 2.46. The molecule has 5 heteroatoms. The smallest absolute Gasteiger partial charge is 0.355 e. The minimum absolute atomic E-state index is 0.0228. The first-order chi connectivity index (χ1) is 5.58. The van der Waals surface area contributed by atoms with E-state index in [4.69, 9.17) is 13.8 Å². The predicted octanol–water partition coefficient (Wildman–Crippen LogP) is 2.24. The number of hydrogen-bond acceptors (Lipinski definition) is 4. The molecule has 0 spiro atoms. The predicted molar refractivity (Wildman–Crippen MR) is 47.3 cm³/mol. The van der Waals surface area contributed by atoms with Crippen molar-refractivity contribution in [3.05, 3.63) is 0 Å². The Morgan fingerprint density at radius 2 is 1.83 bits per heavy atom. The van der Waals surface area contributed by atoms with Gasteiger partial charge in [-0.2, -0.15) is 0 Å². The molecule has 0 aliphatic rings. The maximum atomic E-state index is 11.4. The van der Waals surface area contributed by atoms with Crippen LogP contribution in [0.25, 0.3) is 0 Å². The maximum Gasteiger partial charge on any atom is 0.355 e. The standard InChI is InChI=1S/C7H17O4P/c1-5-7(2)11-6-12(8,9-3)10-4/h7H,5-6H2,1-4H3. The summed E-state index contributed by atoms with van der Waals surface area (Å²) in [6.07, 6.45) is 0.992. The Bertz CT molecular complexity index is 151. The van der Waals surface area contributed by atoms with Gasteiger partial charge in [0, 0.05) is 14.2 Å². The third-order valence-electron chi connectivity index (χ3n) is 1.65. The van der Waals surface area contributed by atoms with Gasteiger partial charge in [0.15, 0.2) is 0 Å². The summed E-state index contributed by atoms with van der Waals surface area (Å²) in [5, 5.41) is 0. The van der Waals surface area contributed by atoms with Gasteiger partial charge in [-0.3, -0.25) is 4.57 Å². The van der Waals surface area contributed by atoms with Crippen molar-refractivity contribution >= 4 is 7.60 Å². The van der Waals surface area contributed by atoms with Crippen LogP contribution in [0.5, 0.6) is 0 Å². The molecule has 1 atom stereocenters. The van der Waals surface area contributed by atoms with Crippen molar-refractivity contribution in [1.82, 2.24) is 0 Å². The van der Waals surface area contributed by atoms with Gasteiger partial charge in [0.25, 0.3) is 0 Å². The van der Waals surface area contributed by atoms with Gasteiger partial charge in [-0.1, -0.05) is 6.92 Å². The van der Waals surface area contributed by atoms with Crippen molar-refractivity contribution < 1.29 is 18.3 Å². The minimum atomic E-state index is -2.97. The fraction of sp³-hybridized carbons (Fsp3) is 1.00. The van der Waals surface area contributed by atoms with Gasteiger partial charge >= 0.3 is 7.60 Å². The molecule has 0 bridgehead atoms. The van der Waals surface area contributed by atoms with E-state index in [0.29, 0.717) is 0 Å². The molecule has 74 valence electrons. The van der Waals surface area contributed by atoms with E-state index in [1.165, 1.54) is 14.2 Å². The van der Waals surface area contributed by atoms with Gasteiger partial charge in [-0.15, -0.1) is 0 Å². The molecule has 0 radical (unpaired) electrons. The van der Waals surface area contributed by atoms with Crippen LogP contribution in [0.2, 0.25) is 0 Å². The molecule has 0 heterocycles. The topological polar surface area (TPSA) is 44.8 Å². The van der Waals surface area contributed by atoms with Crippen LogP contribution >= 0.6 is 7.60 Å². The van der Waals surface area contributed by atoms with E-state index in [2.05, 4.69) is 0 Å². The van der Waals surface area contributed by atoms with Crippen molar-refractivity contribution in [2.45, 2.75) is 26.4 Å². The van der Waals surface area contributed by atoms with Crippen LogP contribution in [0, 0.1) is 0 Å². The fourth-order valence-electron chi connectivity index (χ4n) is 0.516. The average Bonchev–Trinajstić information content (AvgIpc) is 2.13. The van der Waals surface area contributed by atoms with Gasteiger partial charge in [0.1, 0.15) is 6.35 Å². The summed E-state index contributed by atoms with van der Waals surface area (Å²) in [4.78, 5) is 0. The molecule has 0 fully saturated rings. The zero-order chi connectivity index (χ0) is 9.61. The van der Waals surface area contributed by atoms with Crippen LogP contribution in [-0.4, -0.2) is 26.7 Å². The van der Waals surface area contributed by atoms with E-state index in [9.17, 15) is 4.57 Å². The molecule has 0 aromatic rings. The highest BCUT2D eigenvalue weighted by Gasteiger charge is 2.21. The summed E-state index contributed by atoms with van der Waals surface area (Å²) >= 11 is 0. The van der Waals surface area contributed by atoms with E-state index in [1.54, 1.807) is 0 Å². The summed E-state index contributed by atoms with van der Waals surface area (Å²) < 4.78 is 26.0. The minimum Gasteiger partial charge on any atom is -0.366 e. The summed E-state index contributed by atoms with van der Waals surface area (Å²) in [5.41, 5.74) is 0. The van der Waals surface area contributed by atoms with Crippen LogP contribution in [-0.2, 0) is 18.3 Å². The molecule has 0 saturated heterocycles. The third-order valence-corrected chi connectivity index (χ3v) is 3.23. The molecule has 0 saturated carbocycles. The van der Waals surface area contributed by atoms with Gasteiger partial charge in [-0.25, -0.2) is 0 Å². The van der Waals surface area contributed by atoms with Gasteiger partial charge in [0.2, 0.25) is 0 Å². The lowest BCUT2D eigenvalue weighted by Gasteiger charge is -2.16. The molecular formula is C7H17O4P. The molecule has 12 heavy (non-hydrogen) atoms. The fourth-order valence-corrected chi connectivity index (χ4v) is 1.31. The molecule has 0 aromatic carbocycles. The van der Waals surface area contributed by atoms with E-state index in [1.807, 2.05) is 13.8 Å². The van der Waals surface area contributed by atoms with E-state index < -0.39 is 7.60 Å². The number of hydrogen-bond donors (Lipinski definition) is 0. The largest absolute Gasteiger partial charge is 0.366 e. The van der Waals surface area contributed by atoms with Crippen LogP contribution < -0.4 is 0 Å². The number of ether oxygens (including phenoxy) is 1. The molecule has 1 unspecified atom stereocenters.